The van der Waals surface area contributed by atoms with Gasteiger partial charge in [0, 0.05) is 53.6 Å². The lowest BCUT2D eigenvalue weighted by atomic mass is 9.93. The molecule has 2 N–H and O–H groups in total. The fourth-order valence-electron chi connectivity index (χ4n) is 3.44. The number of rotatable bonds is 6. The van der Waals surface area contributed by atoms with Crippen LogP contribution in [-0.4, -0.2) is 64.3 Å². The van der Waals surface area contributed by atoms with Crippen LogP contribution in [0.1, 0.15) is 32.3 Å². The number of nitrogens with one attached hydrogen (secondary N) is 2. The molecular formula is C18H22Cl2N4O4S2. The molecule has 1 aliphatic rings. The highest BCUT2D eigenvalue weighted by molar-refractivity contribution is 7.84. The van der Waals surface area contributed by atoms with Crippen LogP contribution in [0.4, 0.5) is 5.13 Å². The summed E-state index contributed by atoms with van der Waals surface area (Å²) in [5, 5.41) is 4.23. The minimum absolute atomic E-state index is 0.0654. The summed E-state index contributed by atoms with van der Waals surface area (Å²) >= 11 is 13.5. The Bertz CT molecular complexity index is 978. The molecule has 8 nitrogen and oxygen atoms in total. The lowest BCUT2D eigenvalue weighted by molar-refractivity contribution is 0.0606. The Balaban J connectivity index is 1.74. The van der Waals surface area contributed by atoms with Gasteiger partial charge in [0.2, 0.25) is 0 Å². The zero-order valence-electron chi connectivity index (χ0n) is 16.7. The fraction of sp³-hybridized carbons (Fsp3) is 0.500. The van der Waals surface area contributed by atoms with Crippen LogP contribution in [0.5, 0.6) is 0 Å². The molecule has 3 atom stereocenters. The van der Waals surface area contributed by atoms with Gasteiger partial charge in [0.05, 0.1) is 23.4 Å². The smallest absolute Gasteiger partial charge is 0.349 e. The van der Waals surface area contributed by atoms with Gasteiger partial charge in [0.1, 0.15) is 10.6 Å². The second kappa shape index (κ2) is 9.67. The van der Waals surface area contributed by atoms with Crippen LogP contribution in [-0.2, 0) is 15.5 Å². The van der Waals surface area contributed by atoms with Crippen LogP contribution in [0.25, 0.3) is 0 Å². The maximum Gasteiger partial charge on any atom is 0.349 e. The summed E-state index contributed by atoms with van der Waals surface area (Å²) in [7, 11) is 0.281. The van der Waals surface area contributed by atoms with Gasteiger partial charge in [-0.1, -0.05) is 34.5 Å². The third-order valence-electron chi connectivity index (χ3n) is 4.93. The molecule has 12 heteroatoms. The van der Waals surface area contributed by atoms with Crippen molar-refractivity contribution in [2.24, 2.45) is 5.92 Å². The number of methoxy groups -OCH3 is 1. The molecule has 1 fully saturated rings. The molecule has 0 radical (unpaired) electrons. The summed E-state index contributed by atoms with van der Waals surface area (Å²) < 4.78 is 16.7. The number of ether oxygens (including phenoxy) is 1. The Morgan fingerprint density at radius 2 is 2.17 bits per heavy atom. The Morgan fingerprint density at radius 3 is 2.77 bits per heavy atom. The molecule has 0 aliphatic carbocycles. The van der Waals surface area contributed by atoms with E-state index in [1.165, 1.54) is 24.6 Å². The van der Waals surface area contributed by atoms with E-state index in [9.17, 15) is 13.8 Å². The maximum atomic E-state index is 12.8. The molecule has 1 saturated heterocycles. The predicted molar refractivity (Wildman–Crippen MR) is 120 cm³/mol. The van der Waals surface area contributed by atoms with Crippen molar-refractivity contribution in [1.29, 1.82) is 0 Å². The van der Waals surface area contributed by atoms with Crippen LogP contribution >= 0.6 is 34.5 Å². The standard InChI is InChI=1S/C18H22Cl2N4O4S2/c1-9-13(19)14(20)15(22-9)16(25)23-11-4-5-24(7-10(11)8-30(3)27)18-21-6-12(29-18)17(26)28-2/h6,10-11,22H,4-5,7-8H2,1-3H3,(H,23,25)/t10-,11-,30?/m0/s1. The number of anilines is 1. The van der Waals surface area contributed by atoms with E-state index in [1.807, 2.05) is 4.90 Å². The summed E-state index contributed by atoms with van der Waals surface area (Å²) in [6.07, 6.45) is 3.76. The summed E-state index contributed by atoms with van der Waals surface area (Å²) in [4.78, 5) is 34.2. The Morgan fingerprint density at radius 1 is 1.43 bits per heavy atom. The number of nitrogens with zero attached hydrogens (tertiary/aromatic N) is 2. The number of aromatic amines is 1. The number of H-pyrrole nitrogens is 1. The maximum absolute atomic E-state index is 12.8. The molecule has 3 heterocycles. The van der Waals surface area contributed by atoms with E-state index in [0.717, 1.165) is 0 Å². The number of aryl methyl sites for hydroxylation is 1. The number of aromatic nitrogens is 2. The quantitative estimate of drug-likeness (QED) is 0.600. The van der Waals surface area contributed by atoms with Gasteiger partial charge in [-0.05, 0) is 13.3 Å². The molecule has 1 unspecified atom stereocenters. The van der Waals surface area contributed by atoms with Gasteiger partial charge in [-0.2, -0.15) is 0 Å². The molecule has 1 aliphatic heterocycles. The van der Waals surface area contributed by atoms with Gasteiger partial charge >= 0.3 is 5.97 Å². The highest BCUT2D eigenvalue weighted by atomic mass is 35.5. The molecule has 0 bridgehead atoms. The first-order valence-electron chi connectivity index (χ1n) is 9.14. The molecular weight excluding hydrogens is 471 g/mol. The van der Waals surface area contributed by atoms with Crippen molar-refractivity contribution in [3.05, 3.63) is 32.5 Å². The number of hydrogen-bond acceptors (Lipinski definition) is 7. The van der Waals surface area contributed by atoms with E-state index in [4.69, 9.17) is 27.9 Å². The highest BCUT2D eigenvalue weighted by Gasteiger charge is 2.33. The zero-order valence-corrected chi connectivity index (χ0v) is 19.8. The van der Waals surface area contributed by atoms with Crippen molar-refractivity contribution in [2.75, 3.05) is 37.1 Å². The van der Waals surface area contributed by atoms with Crippen LogP contribution in [0.15, 0.2) is 6.20 Å². The fourth-order valence-corrected chi connectivity index (χ4v) is 5.67. The third-order valence-corrected chi connectivity index (χ3v) is 7.81. The number of carbonyl (C=O) groups excluding carboxylic acids is 2. The number of esters is 1. The summed E-state index contributed by atoms with van der Waals surface area (Å²) in [6.45, 7) is 2.92. The number of piperidine rings is 1. The Hall–Kier alpha value is -1.62. The van der Waals surface area contributed by atoms with Gasteiger partial charge in [-0.25, -0.2) is 9.78 Å². The molecule has 0 saturated carbocycles. The van der Waals surface area contributed by atoms with Crippen LogP contribution in [0, 0.1) is 12.8 Å². The van der Waals surface area contributed by atoms with Crippen molar-refractivity contribution in [3.8, 4) is 0 Å². The van der Waals surface area contributed by atoms with E-state index in [0.29, 0.717) is 46.0 Å². The third kappa shape index (κ3) is 4.99. The minimum atomic E-state index is -1.05. The number of carbonyl (C=O) groups is 2. The lowest BCUT2D eigenvalue weighted by Crippen LogP contribution is -2.52. The first kappa shape index (κ1) is 23.1. The second-order valence-corrected chi connectivity index (χ2v) is 10.3. The van der Waals surface area contributed by atoms with Crippen molar-refractivity contribution < 1.29 is 18.5 Å². The number of hydrogen-bond donors (Lipinski definition) is 2. The van der Waals surface area contributed by atoms with Gasteiger partial charge in [-0.15, -0.1) is 0 Å². The molecule has 1 amide bonds. The lowest BCUT2D eigenvalue weighted by Gasteiger charge is -2.38. The monoisotopic (exact) mass is 492 g/mol. The van der Waals surface area contributed by atoms with Crippen LogP contribution in [0.3, 0.4) is 0 Å². The molecule has 3 rings (SSSR count). The molecule has 0 aromatic carbocycles. The van der Waals surface area contributed by atoms with Crippen molar-refractivity contribution in [2.45, 2.75) is 19.4 Å². The second-order valence-electron chi connectivity index (χ2n) is 7.07. The van der Waals surface area contributed by atoms with Gasteiger partial charge in [0.15, 0.2) is 5.13 Å². The average Bonchev–Trinajstić information content (AvgIpc) is 3.29. The van der Waals surface area contributed by atoms with E-state index in [2.05, 4.69) is 15.3 Å². The largest absolute Gasteiger partial charge is 0.465 e. The first-order valence-corrected chi connectivity index (χ1v) is 12.4. The highest BCUT2D eigenvalue weighted by Crippen LogP contribution is 2.31. The molecule has 2 aromatic heterocycles. The molecule has 0 spiro atoms. The number of amides is 1. The van der Waals surface area contributed by atoms with Gasteiger partial charge in [-0.3, -0.25) is 9.00 Å². The van der Waals surface area contributed by atoms with Crippen molar-refractivity contribution in [3.63, 3.8) is 0 Å². The number of halogens is 2. The van der Waals surface area contributed by atoms with E-state index in [-0.39, 0.29) is 28.6 Å². The molecule has 30 heavy (non-hydrogen) atoms. The topological polar surface area (TPSA) is 104 Å². The average molecular weight is 493 g/mol. The summed E-state index contributed by atoms with van der Waals surface area (Å²) in [5.74, 6) is -0.412. The van der Waals surface area contributed by atoms with Gasteiger partial charge < -0.3 is 19.9 Å². The van der Waals surface area contributed by atoms with Gasteiger partial charge in [0.25, 0.3) is 5.91 Å². The summed E-state index contributed by atoms with van der Waals surface area (Å²) in [6, 6.07) is -0.184. The number of thiazole rings is 1. The Kier molecular flexibility index (Phi) is 7.43. The SMILES string of the molecule is COC(=O)c1cnc(N2CC[C@H](NC(=O)c3[nH]c(C)c(Cl)c3Cl)[C@H](CS(C)=O)C2)s1. The van der Waals surface area contributed by atoms with Crippen LogP contribution in [0.2, 0.25) is 10.0 Å². The molecule has 2 aromatic rings. The first-order chi connectivity index (χ1) is 14.2. The van der Waals surface area contributed by atoms with Crippen molar-refractivity contribution in [1.82, 2.24) is 15.3 Å². The van der Waals surface area contributed by atoms with Crippen molar-refractivity contribution >= 4 is 62.3 Å². The summed E-state index contributed by atoms with van der Waals surface area (Å²) in [5.41, 5.74) is 0.846. The van der Waals surface area contributed by atoms with E-state index in [1.54, 1.807) is 13.2 Å². The molecule has 164 valence electrons. The predicted octanol–water partition coefficient (Wildman–Crippen LogP) is 2.88. The normalized spacial score (nSPS) is 20.1. The zero-order chi connectivity index (χ0) is 22.0. The van der Waals surface area contributed by atoms with E-state index >= 15 is 0 Å². The van der Waals surface area contributed by atoms with E-state index < -0.39 is 16.8 Å². The van der Waals surface area contributed by atoms with Crippen LogP contribution < -0.4 is 10.2 Å². The minimum Gasteiger partial charge on any atom is -0.465 e. The Labute approximate surface area is 190 Å².